The molecule has 25 heavy (non-hydrogen) atoms. The van der Waals surface area contributed by atoms with Crippen LogP contribution in [-0.4, -0.2) is 29.0 Å². The van der Waals surface area contributed by atoms with Gasteiger partial charge in [-0.15, -0.1) is 11.3 Å². The largest absolute Gasteiger partial charge is 0.349 e. The molecule has 0 radical (unpaired) electrons. The lowest BCUT2D eigenvalue weighted by atomic mass is 9.86. The molecule has 0 saturated heterocycles. The molecule has 0 spiro atoms. The minimum Gasteiger partial charge on any atom is -0.349 e. The number of carbonyl (C=O) groups is 1. The van der Waals surface area contributed by atoms with Crippen LogP contribution in [0.3, 0.4) is 0 Å². The molecule has 2 aromatic heterocycles. The van der Waals surface area contributed by atoms with Crippen LogP contribution in [0, 0.1) is 5.92 Å². The average molecular weight is 359 g/mol. The van der Waals surface area contributed by atoms with E-state index in [-0.39, 0.29) is 17.9 Å². The first-order valence-corrected chi connectivity index (χ1v) is 9.93. The highest BCUT2D eigenvalue weighted by atomic mass is 32.1. The Hall–Kier alpha value is -1.95. The van der Waals surface area contributed by atoms with Gasteiger partial charge in [0.2, 0.25) is 11.9 Å². The number of carbonyl (C=O) groups excluding carboxylic acids is 1. The molecule has 0 aliphatic heterocycles. The summed E-state index contributed by atoms with van der Waals surface area (Å²) in [5.41, 5.74) is 2.22. The molecular weight excluding hydrogens is 332 g/mol. The van der Waals surface area contributed by atoms with E-state index in [4.69, 9.17) is 4.98 Å². The summed E-state index contributed by atoms with van der Waals surface area (Å²) >= 11 is 1.68. The Morgan fingerprint density at radius 3 is 2.92 bits per heavy atom. The molecule has 5 nitrogen and oxygen atoms in total. The summed E-state index contributed by atoms with van der Waals surface area (Å²) in [6.07, 6.45) is 4.34. The molecule has 2 unspecified atom stereocenters. The van der Waals surface area contributed by atoms with E-state index in [0.717, 1.165) is 49.6 Å². The van der Waals surface area contributed by atoms with Crippen LogP contribution in [0.5, 0.6) is 0 Å². The van der Waals surface area contributed by atoms with Gasteiger partial charge in [0, 0.05) is 35.8 Å². The highest BCUT2D eigenvalue weighted by molar-refractivity contribution is 7.10. The van der Waals surface area contributed by atoms with Crippen molar-refractivity contribution in [2.45, 2.75) is 46.1 Å². The van der Waals surface area contributed by atoms with E-state index >= 15 is 0 Å². The smallest absolute Gasteiger partial charge is 0.225 e. The third kappa shape index (κ3) is 4.00. The standard InChI is InChI=1S/C19H26N4OS/c1-4-23(5-2)19-20-12-15-11-14(8-9-16(15)22-19)18(24)21-13(3)17-7-6-10-25-17/h6-7,10,12-14H,4-5,8-9,11H2,1-3H3,(H,21,24). The lowest BCUT2D eigenvalue weighted by molar-refractivity contribution is -0.126. The summed E-state index contributed by atoms with van der Waals surface area (Å²) in [7, 11) is 0. The van der Waals surface area contributed by atoms with Crippen LogP contribution in [0.25, 0.3) is 0 Å². The van der Waals surface area contributed by atoms with Crippen molar-refractivity contribution in [2.24, 2.45) is 5.92 Å². The maximum atomic E-state index is 12.6. The summed E-state index contributed by atoms with van der Waals surface area (Å²) in [6, 6.07) is 4.15. The van der Waals surface area contributed by atoms with Crippen molar-refractivity contribution in [1.29, 1.82) is 0 Å². The Morgan fingerprint density at radius 1 is 1.44 bits per heavy atom. The Bertz CT molecular complexity index is 712. The van der Waals surface area contributed by atoms with Gasteiger partial charge in [-0.05, 0) is 57.0 Å². The van der Waals surface area contributed by atoms with Gasteiger partial charge in [-0.3, -0.25) is 4.79 Å². The summed E-state index contributed by atoms with van der Waals surface area (Å²) < 4.78 is 0. The number of hydrogen-bond acceptors (Lipinski definition) is 5. The number of aromatic nitrogens is 2. The van der Waals surface area contributed by atoms with E-state index in [9.17, 15) is 4.79 Å². The molecule has 3 rings (SSSR count). The second kappa shape index (κ2) is 7.95. The average Bonchev–Trinajstić information content (AvgIpc) is 3.17. The van der Waals surface area contributed by atoms with E-state index in [1.54, 1.807) is 11.3 Å². The normalized spacial score (nSPS) is 17.6. The fourth-order valence-corrected chi connectivity index (χ4v) is 4.05. The van der Waals surface area contributed by atoms with Crippen molar-refractivity contribution in [2.75, 3.05) is 18.0 Å². The summed E-state index contributed by atoms with van der Waals surface area (Å²) in [6.45, 7) is 8.07. The number of thiophene rings is 1. The van der Waals surface area contributed by atoms with Crippen molar-refractivity contribution < 1.29 is 4.79 Å². The molecule has 0 saturated carbocycles. The van der Waals surface area contributed by atoms with Crippen molar-refractivity contribution in [3.63, 3.8) is 0 Å². The first-order valence-electron chi connectivity index (χ1n) is 9.05. The maximum absolute atomic E-state index is 12.6. The summed E-state index contributed by atoms with van der Waals surface area (Å²) in [5.74, 6) is 0.954. The number of hydrogen-bond donors (Lipinski definition) is 1. The molecule has 1 aliphatic rings. The molecule has 2 atom stereocenters. The zero-order valence-corrected chi connectivity index (χ0v) is 16.0. The topological polar surface area (TPSA) is 58.1 Å². The molecular formula is C19H26N4OS. The number of anilines is 1. The highest BCUT2D eigenvalue weighted by Gasteiger charge is 2.27. The van der Waals surface area contributed by atoms with Crippen LogP contribution in [-0.2, 0) is 17.6 Å². The van der Waals surface area contributed by atoms with Gasteiger partial charge >= 0.3 is 0 Å². The van der Waals surface area contributed by atoms with Gasteiger partial charge in [0.25, 0.3) is 0 Å². The van der Waals surface area contributed by atoms with Gasteiger partial charge in [-0.1, -0.05) is 6.07 Å². The Labute approximate surface area is 153 Å². The monoisotopic (exact) mass is 358 g/mol. The van der Waals surface area contributed by atoms with Crippen LogP contribution < -0.4 is 10.2 Å². The number of aryl methyl sites for hydroxylation is 1. The molecule has 134 valence electrons. The fourth-order valence-electron chi connectivity index (χ4n) is 3.32. The van der Waals surface area contributed by atoms with Crippen LogP contribution in [0.2, 0.25) is 0 Å². The first kappa shape index (κ1) is 17.9. The Balaban J connectivity index is 1.65. The highest BCUT2D eigenvalue weighted by Crippen LogP contribution is 2.26. The van der Waals surface area contributed by atoms with Crippen molar-refractivity contribution in [3.8, 4) is 0 Å². The molecule has 1 aliphatic carbocycles. The molecule has 1 N–H and O–H groups in total. The summed E-state index contributed by atoms with van der Waals surface area (Å²) in [4.78, 5) is 25.2. The van der Waals surface area contributed by atoms with E-state index in [0.29, 0.717) is 0 Å². The zero-order chi connectivity index (χ0) is 17.8. The van der Waals surface area contributed by atoms with Gasteiger partial charge < -0.3 is 10.2 Å². The quantitative estimate of drug-likeness (QED) is 0.860. The second-order valence-corrected chi connectivity index (χ2v) is 7.48. The third-order valence-electron chi connectivity index (χ3n) is 4.88. The molecule has 0 aromatic carbocycles. The summed E-state index contributed by atoms with van der Waals surface area (Å²) in [5, 5.41) is 5.19. The number of fused-ring (bicyclic) bond motifs is 1. The predicted molar refractivity (Wildman–Crippen MR) is 102 cm³/mol. The maximum Gasteiger partial charge on any atom is 0.225 e. The molecule has 0 fully saturated rings. The van der Waals surface area contributed by atoms with Gasteiger partial charge in [0.15, 0.2) is 0 Å². The number of nitrogens with zero attached hydrogens (tertiary/aromatic N) is 3. The third-order valence-corrected chi connectivity index (χ3v) is 5.94. The SMILES string of the molecule is CCN(CC)c1ncc2c(n1)CCC(C(=O)NC(C)c1cccs1)C2. The molecule has 1 amide bonds. The van der Waals surface area contributed by atoms with Crippen molar-refractivity contribution in [3.05, 3.63) is 39.8 Å². The predicted octanol–water partition coefficient (Wildman–Crippen LogP) is 3.37. The molecule has 6 heteroatoms. The number of rotatable bonds is 6. The van der Waals surface area contributed by atoms with Gasteiger partial charge in [0.1, 0.15) is 0 Å². The minimum atomic E-state index is 0.0119. The van der Waals surface area contributed by atoms with Gasteiger partial charge in [-0.25, -0.2) is 9.97 Å². The Morgan fingerprint density at radius 2 is 2.24 bits per heavy atom. The van der Waals surface area contributed by atoms with Crippen molar-refractivity contribution in [1.82, 2.24) is 15.3 Å². The molecule has 2 heterocycles. The van der Waals surface area contributed by atoms with E-state index in [2.05, 4.69) is 35.1 Å². The Kier molecular flexibility index (Phi) is 5.68. The van der Waals surface area contributed by atoms with E-state index in [1.807, 2.05) is 24.6 Å². The van der Waals surface area contributed by atoms with Crippen molar-refractivity contribution >= 4 is 23.2 Å². The number of nitrogens with one attached hydrogen (secondary N) is 1. The number of amides is 1. The van der Waals surface area contributed by atoms with Crippen LogP contribution >= 0.6 is 11.3 Å². The van der Waals surface area contributed by atoms with Crippen LogP contribution in [0.15, 0.2) is 23.7 Å². The van der Waals surface area contributed by atoms with E-state index < -0.39 is 0 Å². The molecule has 2 aromatic rings. The minimum absolute atomic E-state index is 0.0119. The lowest BCUT2D eigenvalue weighted by Gasteiger charge is -2.26. The zero-order valence-electron chi connectivity index (χ0n) is 15.2. The van der Waals surface area contributed by atoms with E-state index in [1.165, 1.54) is 4.88 Å². The van der Waals surface area contributed by atoms with Crippen LogP contribution in [0.4, 0.5) is 5.95 Å². The van der Waals surface area contributed by atoms with Gasteiger partial charge in [0.05, 0.1) is 6.04 Å². The molecule has 0 bridgehead atoms. The second-order valence-electron chi connectivity index (χ2n) is 6.50. The lowest BCUT2D eigenvalue weighted by Crippen LogP contribution is -2.36. The fraction of sp³-hybridized carbons (Fsp3) is 0.526. The first-order chi connectivity index (χ1) is 12.1. The van der Waals surface area contributed by atoms with Crippen LogP contribution in [0.1, 0.15) is 49.4 Å². The van der Waals surface area contributed by atoms with Gasteiger partial charge in [-0.2, -0.15) is 0 Å².